The van der Waals surface area contributed by atoms with Crippen molar-refractivity contribution >= 4 is 34.2 Å². The lowest BCUT2D eigenvalue weighted by Crippen LogP contribution is -2.19. The quantitative estimate of drug-likeness (QED) is 0.245. The minimum atomic E-state index is 0.287. The number of nitrogens with zero attached hydrogens (tertiary/aromatic N) is 3. The number of aromatic amines is 1. The molecule has 0 saturated heterocycles. The number of hydrogen-bond donors (Lipinski definition) is 5. The van der Waals surface area contributed by atoms with Crippen molar-refractivity contribution in [1.82, 2.24) is 20.3 Å². The van der Waals surface area contributed by atoms with E-state index in [2.05, 4.69) is 37.0 Å². The molecule has 11 nitrogen and oxygen atoms in total. The van der Waals surface area contributed by atoms with Gasteiger partial charge in [0, 0.05) is 32.5 Å². The van der Waals surface area contributed by atoms with E-state index in [0.717, 1.165) is 0 Å². The second-order valence-corrected chi connectivity index (χ2v) is 7.03. The molecule has 3 aromatic rings. The first kappa shape index (κ1) is 21.9. The standard InChI is InChI=1S/C22H24N8O3/c1-25-6-5-15(24)14-3-4-16(19-18(14)32-9-10-33-19)28-22-29-20(26-7-8-31-2)17-13(11-23)12-27-21(17)30-22/h3-6,12,24-25H,7-10H2,1-2H3,(H3,26,27,28,29,30)/b6-5-,24-15?. The van der Waals surface area contributed by atoms with Gasteiger partial charge in [-0.05, 0) is 24.4 Å². The highest BCUT2D eigenvalue weighted by Gasteiger charge is 2.23. The van der Waals surface area contributed by atoms with Gasteiger partial charge in [0.25, 0.3) is 0 Å². The fourth-order valence-corrected chi connectivity index (χ4v) is 3.40. The fraction of sp³-hybridized carbons (Fsp3) is 0.273. The molecular weight excluding hydrogens is 424 g/mol. The normalized spacial score (nSPS) is 12.5. The molecule has 0 aliphatic carbocycles. The van der Waals surface area contributed by atoms with Gasteiger partial charge in [-0.1, -0.05) is 0 Å². The molecule has 0 fully saturated rings. The number of anilines is 3. The van der Waals surface area contributed by atoms with E-state index in [0.29, 0.717) is 77.5 Å². The molecule has 5 N–H and O–H groups in total. The molecule has 11 heteroatoms. The summed E-state index contributed by atoms with van der Waals surface area (Å²) in [5.41, 5.74) is 2.47. The van der Waals surface area contributed by atoms with E-state index in [1.54, 1.807) is 44.8 Å². The highest BCUT2D eigenvalue weighted by atomic mass is 16.6. The molecule has 4 rings (SSSR count). The number of hydrogen-bond acceptors (Lipinski definition) is 10. The maximum Gasteiger partial charge on any atom is 0.231 e. The Labute approximate surface area is 190 Å². The monoisotopic (exact) mass is 448 g/mol. The largest absolute Gasteiger partial charge is 0.485 e. The lowest BCUT2D eigenvalue weighted by atomic mass is 10.1. The molecule has 0 unspecified atom stereocenters. The van der Waals surface area contributed by atoms with E-state index in [4.69, 9.17) is 19.6 Å². The lowest BCUT2D eigenvalue weighted by Gasteiger charge is -2.23. The first-order valence-electron chi connectivity index (χ1n) is 10.3. The van der Waals surface area contributed by atoms with Crippen molar-refractivity contribution in [2.75, 3.05) is 51.2 Å². The zero-order valence-electron chi connectivity index (χ0n) is 18.3. The van der Waals surface area contributed by atoms with Crippen molar-refractivity contribution in [3.05, 3.63) is 41.7 Å². The van der Waals surface area contributed by atoms with Crippen LogP contribution in [0.2, 0.25) is 0 Å². The number of methoxy groups -OCH3 is 1. The Kier molecular flexibility index (Phi) is 6.56. The number of aromatic nitrogens is 3. The van der Waals surface area contributed by atoms with Crippen LogP contribution < -0.4 is 25.4 Å². The smallest absolute Gasteiger partial charge is 0.231 e. The Morgan fingerprint density at radius 3 is 2.88 bits per heavy atom. The third-order valence-corrected chi connectivity index (χ3v) is 4.89. The van der Waals surface area contributed by atoms with Gasteiger partial charge in [0.05, 0.1) is 29.0 Å². The molecule has 1 aromatic carbocycles. The number of allylic oxidation sites excluding steroid dienone is 1. The van der Waals surface area contributed by atoms with Crippen LogP contribution in [0.25, 0.3) is 11.0 Å². The molecule has 33 heavy (non-hydrogen) atoms. The highest BCUT2D eigenvalue weighted by Crippen LogP contribution is 2.42. The number of nitriles is 1. The maximum absolute atomic E-state index is 9.43. The second-order valence-electron chi connectivity index (χ2n) is 7.03. The minimum absolute atomic E-state index is 0.287. The number of ether oxygens (including phenoxy) is 3. The van der Waals surface area contributed by atoms with Crippen LogP contribution in [-0.2, 0) is 4.74 Å². The van der Waals surface area contributed by atoms with Gasteiger partial charge >= 0.3 is 0 Å². The molecular formula is C22H24N8O3. The van der Waals surface area contributed by atoms with E-state index >= 15 is 0 Å². The second kappa shape index (κ2) is 9.88. The van der Waals surface area contributed by atoms with Crippen LogP contribution in [0.4, 0.5) is 17.5 Å². The van der Waals surface area contributed by atoms with Crippen molar-refractivity contribution in [2.24, 2.45) is 0 Å². The summed E-state index contributed by atoms with van der Waals surface area (Å²) in [6, 6.07) is 5.74. The number of rotatable bonds is 9. The Bertz CT molecular complexity index is 1240. The van der Waals surface area contributed by atoms with E-state index in [9.17, 15) is 5.26 Å². The summed E-state index contributed by atoms with van der Waals surface area (Å²) in [6.45, 7) is 1.77. The molecule has 0 atom stereocenters. The van der Waals surface area contributed by atoms with Crippen molar-refractivity contribution < 1.29 is 14.2 Å². The summed E-state index contributed by atoms with van der Waals surface area (Å²) in [6.07, 6.45) is 4.92. The van der Waals surface area contributed by atoms with Crippen LogP contribution >= 0.6 is 0 Å². The third-order valence-electron chi connectivity index (χ3n) is 4.89. The van der Waals surface area contributed by atoms with Crippen LogP contribution in [0.3, 0.4) is 0 Å². The van der Waals surface area contributed by atoms with Gasteiger partial charge in [0.15, 0.2) is 11.5 Å². The summed E-state index contributed by atoms with van der Waals surface area (Å²) >= 11 is 0. The predicted octanol–water partition coefficient (Wildman–Crippen LogP) is 2.50. The van der Waals surface area contributed by atoms with Gasteiger partial charge < -0.3 is 40.6 Å². The van der Waals surface area contributed by atoms with Crippen molar-refractivity contribution in [2.45, 2.75) is 0 Å². The molecule has 170 valence electrons. The predicted molar refractivity (Wildman–Crippen MR) is 125 cm³/mol. The molecule has 1 aliphatic heterocycles. The third kappa shape index (κ3) is 4.51. The van der Waals surface area contributed by atoms with Gasteiger partial charge in [-0.25, -0.2) is 0 Å². The molecule has 0 spiro atoms. The highest BCUT2D eigenvalue weighted by molar-refractivity contribution is 6.09. The summed E-state index contributed by atoms with van der Waals surface area (Å²) in [4.78, 5) is 12.1. The van der Waals surface area contributed by atoms with E-state index in [-0.39, 0.29) is 5.71 Å². The number of fused-ring (bicyclic) bond motifs is 2. The Balaban J connectivity index is 1.71. The van der Waals surface area contributed by atoms with E-state index in [1.807, 2.05) is 0 Å². The molecule has 1 aliphatic rings. The van der Waals surface area contributed by atoms with Crippen LogP contribution in [0, 0.1) is 16.7 Å². The average Bonchev–Trinajstić information content (AvgIpc) is 3.26. The minimum Gasteiger partial charge on any atom is -0.485 e. The average molecular weight is 448 g/mol. The first-order chi connectivity index (χ1) is 16.2. The maximum atomic E-state index is 9.43. The molecule has 0 bridgehead atoms. The fourth-order valence-electron chi connectivity index (χ4n) is 3.40. The molecule has 0 saturated carbocycles. The topological polar surface area (TPSA) is 153 Å². The summed E-state index contributed by atoms with van der Waals surface area (Å²) in [7, 11) is 3.38. The Morgan fingerprint density at radius 1 is 1.30 bits per heavy atom. The van der Waals surface area contributed by atoms with Crippen LogP contribution in [0.15, 0.2) is 30.6 Å². The SMILES string of the molecule is CN/C=C\C(=N)c1ccc(Nc2nc(NCCOC)c3c(C#N)c[nH]c3n2)c2c1OCCO2. The van der Waals surface area contributed by atoms with Crippen LogP contribution in [0.5, 0.6) is 11.5 Å². The van der Waals surface area contributed by atoms with Gasteiger partial charge in [0.2, 0.25) is 5.95 Å². The van der Waals surface area contributed by atoms with E-state index < -0.39 is 0 Å². The Hall–Kier alpha value is -4.30. The zero-order chi connectivity index (χ0) is 23.2. The van der Waals surface area contributed by atoms with Crippen molar-refractivity contribution in [3.63, 3.8) is 0 Å². The molecule has 2 aromatic heterocycles. The van der Waals surface area contributed by atoms with Crippen molar-refractivity contribution in [3.8, 4) is 17.6 Å². The van der Waals surface area contributed by atoms with Gasteiger partial charge in [-0.2, -0.15) is 15.2 Å². The molecule has 3 heterocycles. The lowest BCUT2D eigenvalue weighted by molar-refractivity contribution is 0.172. The summed E-state index contributed by atoms with van der Waals surface area (Å²) in [5.74, 6) is 1.80. The summed E-state index contributed by atoms with van der Waals surface area (Å²) in [5, 5.41) is 27.6. The molecule has 0 amide bonds. The zero-order valence-corrected chi connectivity index (χ0v) is 18.3. The van der Waals surface area contributed by atoms with Crippen molar-refractivity contribution in [1.29, 1.82) is 10.7 Å². The van der Waals surface area contributed by atoms with Crippen LogP contribution in [-0.4, -0.2) is 61.2 Å². The van der Waals surface area contributed by atoms with Crippen LogP contribution in [0.1, 0.15) is 11.1 Å². The Morgan fingerprint density at radius 2 is 2.12 bits per heavy atom. The van der Waals surface area contributed by atoms with E-state index in [1.165, 1.54) is 0 Å². The molecule has 0 radical (unpaired) electrons. The number of benzene rings is 1. The number of H-pyrrole nitrogens is 1. The van der Waals surface area contributed by atoms with Gasteiger partial charge in [-0.3, -0.25) is 0 Å². The first-order valence-corrected chi connectivity index (χ1v) is 10.3. The number of nitrogens with one attached hydrogen (secondary N) is 5. The van der Waals surface area contributed by atoms with Gasteiger partial charge in [0.1, 0.15) is 30.7 Å². The summed E-state index contributed by atoms with van der Waals surface area (Å²) < 4.78 is 16.8. The van der Waals surface area contributed by atoms with Gasteiger partial charge in [-0.15, -0.1) is 0 Å².